The van der Waals surface area contributed by atoms with E-state index in [1.54, 1.807) is 0 Å². The largest absolute Gasteiger partial charge is 0.466 e. The Bertz CT molecular complexity index is 687. The number of thiazole rings is 1. The molecule has 2 N–H and O–H groups in total. The van der Waals surface area contributed by atoms with E-state index in [-0.39, 0.29) is 5.75 Å². The molecule has 22 heavy (non-hydrogen) atoms. The summed E-state index contributed by atoms with van der Waals surface area (Å²) in [6.07, 6.45) is -0.931. The van der Waals surface area contributed by atoms with E-state index in [4.69, 9.17) is 10.5 Å². The van der Waals surface area contributed by atoms with E-state index < -0.39 is 18.0 Å². The van der Waals surface area contributed by atoms with Gasteiger partial charge in [-0.15, -0.1) is 11.3 Å². The van der Waals surface area contributed by atoms with Crippen LogP contribution in [0.1, 0.15) is 12.5 Å². The fraction of sp³-hybridized carbons (Fsp3) is 0.357. The van der Waals surface area contributed by atoms with Gasteiger partial charge in [0, 0.05) is 19.2 Å². The van der Waals surface area contributed by atoms with Gasteiger partial charge in [-0.3, -0.25) is 4.79 Å². The monoisotopic (exact) mass is 340 g/mol. The Kier molecular flexibility index (Phi) is 5.76. The molecule has 1 heterocycles. The van der Waals surface area contributed by atoms with Gasteiger partial charge in [-0.05, 0) is 17.7 Å². The van der Waals surface area contributed by atoms with Crippen LogP contribution in [0.3, 0.4) is 0 Å². The summed E-state index contributed by atoms with van der Waals surface area (Å²) in [6, 6.07) is 5.86. The van der Waals surface area contributed by atoms with Crippen molar-refractivity contribution >= 4 is 45.3 Å². The molecule has 118 valence electrons. The highest BCUT2D eigenvalue weighted by atomic mass is 32.2. The Morgan fingerprint density at radius 2 is 2.23 bits per heavy atom. The summed E-state index contributed by atoms with van der Waals surface area (Å²) in [5.41, 5.74) is 7.54. The van der Waals surface area contributed by atoms with Gasteiger partial charge < -0.3 is 15.2 Å². The number of esters is 2. The molecule has 0 bridgehead atoms. The lowest BCUT2D eigenvalue weighted by Gasteiger charge is -2.13. The molecule has 0 saturated heterocycles. The maximum absolute atomic E-state index is 11.6. The highest BCUT2D eigenvalue weighted by Gasteiger charge is 2.23. The van der Waals surface area contributed by atoms with Crippen LogP contribution in [0, 0.1) is 0 Å². The lowest BCUT2D eigenvalue weighted by molar-refractivity contribution is -0.162. The molecular formula is C14H16N2O4S2. The average Bonchev–Trinajstić information content (AvgIpc) is 2.91. The van der Waals surface area contributed by atoms with Gasteiger partial charge in [-0.1, -0.05) is 17.8 Å². The van der Waals surface area contributed by atoms with Crippen LogP contribution in [0.5, 0.6) is 0 Å². The minimum absolute atomic E-state index is 0.260. The first-order chi connectivity index (χ1) is 10.5. The molecule has 1 aromatic carbocycles. The van der Waals surface area contributed by atoms with E-state index in [0.29, 0.717) is 6.54 Å². The van der Waals surface area contributed by atoms with Gasteiger partial charge in [0.15, 0.2) is 4.34 Å². The second kappa shape index (κ2) is 7.57. The Morgan fingerprint density at radius 1 is 1.45 bits per heavy atom. The summed E-state index contributed by atoms with van der Waals surface area (Å²) < 4.78 is 11.4. The number of hydrogen-bond donors (Lipinski definition) is 1. The fourth-order valence-electron chi connectivity index (χ4n) is 1.77. The first kappa shape index (κ1) is 16.7. The molecule has 1 atom stereocenters. The molecule has 0 aliphatic heterocycles. The average molecular weight is 340 g/mol. The lowest BCUT2D eigenvalue weighted by atomic mass is 10.2. The second-order valence-electron chi connectivity index (χ2n) is 4.42. The Hall–Kier alpha value is -1.64. The predicted octanol–water partition coefficient (Wildman–Crippen LogP) is 1.95. The van der Waals surface area contributed by atoms with Crippen LogP contribution in [0.2, 0.25) is 0 Å². The van der Waals surface area contributed by atoms with Gasteiger partial charge in [0.2, 0.25) is 6.10 Å². The molecule has 1 aromatic heterocycles. The number of aromatic nitrogens is 1. The third-order valence-electron chi connectivity index (χ3n) is 2.80. The smallest absolute Gasteiger partial charge is 0.348 e. The summed E-state index contributed by atoms with van der Waals surface area (Å²) in [5.74, 6) is -0.836. The van der Waals surface area contributed by atoms with E-state index in [1.807, 2.05) is 18.2 Å². The predicted molar refractivity (Wildman–Crippen MR) is 85.8 cm³/mol. The first-order valence-corrected chi connectivity index (χ1v) is 8.31. The van der Waals surface area contributed by atoms with E-state index >= 15 is 0 Å². The number of carbonyl (C=O) groups excluding carboxylic acids is 2. The Morgan fingerprint density at radius 3 is 2.86 bits per heavy atom. The van der Waals surface area contributed by atoms with Gasteiger partial charge in [-0.2, -0.15) is 0 Å². The van der Waals surface area contributed by atoms with Gasteiger partial charge in [0.25, 0.3) is 0 Å². The third-order valence-corrected chi connectivity index (χ3v) is 5.02. The molecule has 2 rings (SSSR count). The van der Waals surface area contributed by atoms with Crippen LogP contribution in [-0.2, 0) is 25.6 Å². The van der Waals surface area contributed by atoms with Crippen LogP contribution in [0.4, 0.5) is 0 Å². The number of fused-ring (bicyclic) bond motifs is 1. The lowest BCUT2D eigenvalue weighted by Crippen LogP contribution is -2.29. The standard InChI is InChI=1S/C14H16N2O4S2/c1-8(17)20-11(13(18)19-2)7-21-14-16-10-4-3-9(6-15)5-12(10)22-14/h3-5,11H,6-7,15H2,1-2H3. The zero-order valence-electron chi connectivity index (χ0n) is 12.2. The zero-order valence-corrected chi connectivity index (χ0v) is 13.8. The zero-order chi connectivity index (χ0) is 16.1. The number of methoxy groups -OCH3 is 1. The van der Waals surface area contributed by atoms with Crippen LogP contribution >= 0.6 is 23.1 Å². The van der Waals surface area contributed by atoms with Crippen molar-refractivity contribution in [2.24, 2.45) is 5.73 Å². The van der Waals surface area contributed by atoms with Crippen molar-refractivity contribution in [1.82, 2.24) is 4.98 Å². The summed E-state index contributed by atoms with van der Waals surface area (Å²) in [7, 11) is 1.26. The summed E-state index contributed by atoms with van der Waals surface area (Å²) in [5, 5.41) is 0. The number of benzene rings is 1. The van der Waals surface area contributed by atoms with E-state index in [1.165, 1.54) is 37.1 Å². The molecule has 0 spiro atoms. The van der Waals surface area contributed by atoms with Crippen molar-refractivity contribution in [3.63, 3.8) is 0 Å². The molecule has 0 radical (unpaired) electrons. The van der Waals surface area contributed by atoms with Crippen LogP contribution in [-0.4, -0.2) is 35.9 Å². The number of ether oxygens (including phenoxy) is 2. The molecule has 0 aliphatic carbocycles. The Labute approximate surface area is 136 Å². The first-order valence-electron chi connectivity index (χ1n) is 6.51. The van der Waals surface area contributed by atoms with Crippen molar-refractivity contribution in [2.45, 2.75) is 23.9 Å². The van der Waals surface area contributed by atoms with Crippen molar-refractivity contribution < 1.29 is 19.1 Å². The summed E-state index contributed by atoms with van der Waals surface area (Å²) >= 11 is 2.86. The van der Waals surface area contributed by atoms with Gasteiger partial charge in [-0.25, -0.2) is 9.78 Å². The van der Waals surface area contributed by atoms with E-state index in [0.717, 1.165) is 20.1 Å². The molecule has 0 saturated carbocycles. The van der Waals surface area contributed by atoms with Gasteiger partial charge in [0.05, 0.1) is 17.3 Å². The highest BCUT2D eigenvalue weighted by Crippen LogP contribution is 2.30. The van der Waals surface area contributed by atoms with E-state index in [2.05, 4.69) is 9.72 Å². The highest BCUT2D eigenvalue weighted by molar-refractivity contribution is 8.01. The number of nitrogens with zero attached hydrogens (tertiary/aromatic N) is 1. The second-order valence-corrected chi connectivity index (χ2v) is 6.72. The summed E-state index contributed by atoms with van der Waals surface area (Å²) in [4.78, 5) is 27.1. The number of rotatable bonds is 6. The van der Waals surface area contributed by atoms with Crippen LogP contribution in [0.15, 0.2) is 22.5 Å². The maximum atomic E-state index is 11.6. The van der Waals surface area contributed by atoms with Crippen LogP contribution in [0.25, 0.3) is 10.2 Å². The maximum Gasteiger partial charge on any atom is 0.348 e. The van der Waals surface area contributed by atoms with Crippen LogP contribution < -0.4 is 5.73 Å². The number of thioether (sulfide) groups is 1. The SMILES string of the molecule is COC(=O)C(CSc1nc2ccc(CN)cc2s1)OC(C)=O. The minimum Gasteiger partial charge on any atom is -0.466 e. The van der Waals surface area contributed by atoms with Crippen molar-refractivity contribution in [2.75, 3.05) is 12.9 Å². The van der Waals surface area contributed by atoms with Crippen molar-refractivity contribution in [1.29, 1.82) is 0 Å². The molecule has 0 amide bonds. The molecule has 8 heteroatoms. The quantitative estimate of drug-likeness (QED) is 0.635. The molecule has 6 nitrogen and oxygen atoms in total. The van der Waals surface area contributed by atoms with Gasteiger partial charge in [0.1, 0.15) is 0 Å². The number of hydrogen-bond acceptors (Lipinski definition) is 8. The van der Waals surface area contributed by atoms with Crippen molar-refractivity contribution in [3.8, 4) is 0 Å². The minimum atomic E-state index is -0.931. The topological polar surface area (TPSA) is 91.5 Å². The van der Waals surface area contributed by atoms with Crippen molar-refractivity contribution in [3.05, 3.63) is 23.8 Å². The Balaban J connectivity index is 2.08. The number of nitrogens with two attached hydrogens (primary N) is 1. The molecule has 1 unspecified atom stereocenters. The van der Waals surface area contributed by atoms with Gasteiger partial charge >= 0.3 is 11.9 Å². The number of carbonyl (C=O) groups is 2. The third kappa shape index (κ3) is 4.19. The fourth-order valence-corrected chi connectivity index (χ4v) is 3.90. The molecule has 0 aliphatic rings. The summed E-state index contributed by atoms with van der Waals surface area (Å²) in [6.45, 7) is 1.74. The normalized spacial score (nSPS) is 12.1. The molecular weight excluding hydrogens is 324 g/mol. The molecule has 0 fully saturated rings. The van der Waals surface area contributed by atoms with E-state index in [9.17, 15) is 9.59 Å². The molecule has 2 aromatic rings.